The number of likely N-dealkylation sites (tertiary alicyclic amines) is 1. The van der Waals surface area contributed by atoms with Gasteiger partial charge in [-0.2, -0.15) is 0 Å². The quantitative estimate of drug-likeness (QED) is 0.323. The molecule has 0 aromatic heterocycles. The normalized spacial score (nSPS) is 24.8. The minimum absolute atomic E-state index is 0.575. The van der Waals surface area contributed by atoms with Gasteiger partial charge < -0.3 is 24.8 Å². The maximum atomic E-state index is 5.73. The first-order chi connectivity index (χ1) is 12.3. The summed E-state index contributed by atoms with van der Waals surface area (Å²) in [6, 6.07) is 0.575. The first-order valence-corrected chi connectivity index (χ1v) is 9.66. The van der Waals surface area contributed by atoms with Gasteiger partial charge in [-0.15, -0.1) is 0 Å². The Kier molecular flexibility index (Phi) is 10.2. The summed E-state index contributed by atoms with van der Waals surface area (Å²) in [6.07, 6.45) is 4.63. The van der Waals surface area contributed by atoms with E-state index >= 15 is 0 Å². The number of ether oxygens (including phenoxy) is 3. The lowest BCUT2D eigenvalue weighted by atomic mass is 10.1. The Morgan fingerprint density at radius 2 is 2.20 bits per heavy atom. The summed E-state index contributed by atoms with van der Waals surface area (Å²) in [6.45, 7) is 8.15. The van der Waals surface area contributed by atoms with Crippen molar-refractivity contribution >= 4 is 5.96 Å². The molecular weight excluding hydrogens is 320 g/mol. The van der Waals surface area contributed by atoms with Crippen molar-refractivity contribution in [2.75, 3.05) is 73.4 Å². The van der Waals surface area contributed by atoms with Crippen LogP contribution in [-0.4, -0.2) is 90.3 Å². The molecule has 0 radical (unpaired) electrons. The van der Waals surface area contributed by atoms with Crippen molar-refractivity contribution < 1.29 is 14.2 Å². The van der Waals surface area contributed by atoms with Crippen molar-refractivity contribution in [2.24, 2.45) is 10.9 Å². The molecule has 2 heterocycles. The molecule has 2 aliphatic heterocycles. The third-order valence-electron chi connectivity index (χ3n) is 4.95. The van der Waals surface area contributed by atoms with Gasteiger partial charge in [0.15, 0.2) is 5.96 Å². The standard InChI is InChI=1S/C18H36N4O3/c1-19-18(20-7-4-10-24-14-16-6-11-25-15-16)21-13-17-5-3-8-22(17)9-12-23-2/h16-17H,3-15H2,1-2H3,(H2,19,20,21). The molecular formula is C18H36N4O3. The van der Waals surface area contributed by atoms with Crippen LogP contribution in [0.15, 0.2) is 4.99 Å². The Morgan fingerprint density at radius 3 is 2.96 bits per heavy atom. The molecule has 2 fully saturated rings. The van der Waals surface area contributed by atoms with Crippen molar-refractivity contribution in [3.8, 4) is 0 Å². The van der Waals surface area contributed by atoms with Gasteiger partial charge in [0.25, 0.3) is 0 Å². The topological polar surface area (TPSA) is 67.4 Å². The highest BCUT2D eigenvalue weighted by atomic mass is 16.5. The van der Waals surface area contributed by atoms with E-state index in [0.29, 0.717) is 12.0 Å². The first-order valence-electron chi connectivity index (χ1n) is 9.66. The summed E-state index contributed by atoms with van der Waals surface area (Å²) in [5, 5.41) is 6.82. The zero-order chi connectivity index (χ0) is 17.7. The molecule has 0 amide bonds. The van der Waals surface area contributed by atoms with Crippen molar-refractivity contribution in [3.05, 3.63) is 0 Å². The Labute approximate surface area is 152 Å². The molecule has 2 aliphatic rings. The Bertz CT molecular complexity index is 375. The third kappa shape index (κ3) is 7.90. The van der Waals surface area contributed by atoms with Crippen LogP contribution in [-0.2, 0) is 14.2 Å². The zero-order valence-corrected chi connectivity index (χ0v) is 16.0. The van der Waals surface area contributed by atoms with Crippen molar-refractivity contribution in [1.82, 2.24) is 15.5 Å². The molecule has 2 atom stereocenters. The number of hydrogen-bond donors (Lipinski definition) is 2. The summed E-state index contributed by atoms with van der Waals surface area (Å²) in [5.74, 6) is 1.47. The largest absolute Gasteiger partial charge is 0.383 e. The van der Waals surface area contributed by atoms with Crippen LogP contribution in [0, 0.1) is 5.92 Å². The van der Waals surface area contributed by atoms with Gasteiger partial charge in [-0.25, -0.2) is 0 Å². The van der Waals surface area contributed by atoms with E-state index < -0.39 is 0 Å². The molecule has 7 nitrogen and oxygen atoms in total. The van der Waals surface area contributed by atoms with Gasteiger partial charge in [0, 0.05) is 59.0 Å². The van der Waals surface area contributed by atoms with E-state index in [4.69, 9.17) is 14.2 Å². The summed E-state index contributed by atoms with van der Waals surface area (Å²) < 4.78 is 16.3. The average molecular weight is 357 g/mol. The molecule has 0 saturated carbocycles. The second-order valence-corrected chi connectivity index (χ2v) is 6.86. The molecule has 0 aromatic carbocycles. The van der Waals surface area contributed by atoms with Gasteiger partial charge in [0.2, 0.25) is 0 Å². The van der Waals surface area contributed by atoms with Crippen LogP contribution in [0.1, 0.15) is 25.7 Å². The number of methoxy groups -OCH3 is 1. The van der Waals surface area contributed by atoms with Crippen LogP contribution < -0.4 is 10.6 Å². The molecule has 2 unspecified atom stereocenters. The molecule has 0 aromatic rings. The van der Waals surface area contributed by atoms with Crippen LogP contribution >= 0.6 is 0 Å². The third-order valence-corrected chi connectivity index (χ3v) is 4.95. The fourth-order valence-corrected chi connectivity index (χ4v) is 3.41. The SMILES string of the molecule is CN=C(NCCCOCC1CCOC1)NCC1CCCN1CCOC. The Morgan fingerprint density at radius 1 is 1.28 bits per heavy atom. The van der Waals surface area contributed by atoms with E-state index in [1.807, 2.05) is 7.05 Å². The molecule has 0 bridgehead atoms. The number of nitrogens with zero attached hydrogens (tertiary/aromatic N) is 2. The lowest BCUT2D eigenvalue weighted by molar-refractivity contribution is 0.0888. The van der Waals surface area contributed by atoms with Crippen LogP contribution in [0.3, 0.4) is 0 Å². The molecule has 0 aliphatic carbocycles. The van der Waals surface area contributed by atoms with Gasteiger partial charge in [0.05, 0.1) is 19.8 Å². The van der Waals surface area contributed by atoms with E-state index in [1.54, 1.807) is 7.11 Å². The van der Waals surface area contributed by atoms with Crippen LogP contribution in [0.25, 0.3) is 0 Å². The van der Waals surface area contributed by atoms with E-state index in [2.05, 4.69) is 20.5 Å². The van der Waals surface area contributed by atoms with Crippen LogP contribution in [0.2, 0.25) is 0 Å². The molecule has 2 saturated heterocycles. The molecule has 25 heavy (non-hydrogen) atoms. The Balaban J connectivity index is 1.51. The highest BCUT2D eigenvalue weighted by molar-refractivity contribution is 5.79. The predicted octanol–water partition coefficient (Wildman–Crippen LogP) is 0.705. The second kappa shape index (κ2) is 12.5. The van der Waals surface area contributed by atoms with Gasteiger partial charge >= 0.3 is 0 Å². The number of guanidine groups is 1. The van der Waals surface area contributed by atoms with Crippen molar-refractivity contribution in [3.63, 3.8) is 0 Å². The molecule has 146 valence electrons. The zero-order valence-electron chi connectivity index (χ0n) is 16.0. The van der Waals surface area contributed by atoms with Crippen molar-refractivity contribution in [1.29, 1.82) is 0 Å². The van der Waals surface area contributed by atoms with E-state index in [0.717, 1.165) is 71.5 Å². The molecule has 7 heteroatoms. The summed E-state index contributed by atoms with van der Waals surface area (Å²) in [5.41, 5.74) is 0. The van der Waals surface area contributed by atoms with Gasteiger partial charge in [-0.1, -0.05) is 0 Å². The van der Waals surface area contributed by atoms with Gasteiger partial charge in [-0.05, 0) is 32.2 Å². The summed E-state index contributed by atoms with van der Waals surface area (Å²) in [4.78, 5) is 6.82. The minimum atomic E-state index is 0.575. The fraction of sp³-hybridized carbons (Fsp3) is 0.944. The maximum absolute atomic E-state index is 5.73. The lowest BCUT2D eigenvalue weighted by Gasteiger charge is -2.25. The summed E-state index contributed by atoms with van der Waals surface area (Å²) in [7, 11) is 3.59. The van der Waals surface area contributed by atoms with E-state index in [-0.39, 0.29) is 0 Å². The van der Waals surface area contributed by atoms with Gasteiger partial charge in [0.1, 0.15) is 0 Å². The van der Waals surface area contributed by atoms with Crippen LogP contribution in [0.4, 0.5) is 0 Å². The van der Waals surface area contributed by atoms with E-state index in [1.165, 1.54) is 19.4 Å². The monoisotopic (exact) mass is 356 g/mol. The smallest absolute Gasteiger partial charge is 0.191 e. The fourth-order valence-electron chi connectivity index (χ4n) is 3.41. The number of aliphatic imine (C=N–C) groups is 1. The average Bonchev–Trinajstić information content (AvgIpc) is 3.30. The maximum Gasteiger partial charge on any atom is 0.191 e. The van der Waals surface area contributed by atoms with E-state index in [9.17, 15) is 0 Å². The summed E-state index contributed by atoms with van der Waals surface area (Å²) >= 11 is 0. The lowest BCUT2D eigenvalue weighted by Crippen LogP contribution is -2.45. The molecule has 2 rings (SSSR count). The number of nitrogens with one attached hydrogen (secondary N) is 2. The van der Waals surface area contributed by atoms with Crippen LogP contribution in [0.5, 0.6) is 0 Å². The number of hydrogen-bond acceptors (Lipinski definition) is 5. The van der Waals surface area contributed by atoms with Crippen molar-refractivity contribution in [2.45, 2.75) is 31.7 Å². The predicted molar refractivity (Wildman–Crippen MR) is 100 cm³/mol. The molecule has 0 spiro atoms. The Hall–Kier alpha value is -0.890. The highest BCUT2D eigenvalue weighted by Gasteiger charge is 2.23. The highest BCUT2D eigenvalue weighted by Crippen LogP contribution is 2.15. The minimum Gasteiger partial charge on any atom is -0.383 e. The first kappa shape index (κ1) is 20.4. The molecule has 2 N–H and O–H groups in total. The second-order valence-electron chi connectivity index (χ2n) is 6.86. The number of rotatable bonds is 11. The van der Waals surface area contributed by atoms with Gasteiger partial charge in [-0.3, -0.25) is 9.89 Å².